The summed E-state index contributed by atoms with van der Waals surface area (Å²) in [6.45, 7) is 9.90. The third-order valence-corrected chi connectivity index (χ3v) is 3.32. The largest absolute Gasteiger partial charge is 0.276 e. The number of benzene rings is 2. The first kappa shape index (κ1) is 27.8. The maximum Gasteiger partial charge on any atom is 0.252 e. The van der Waals surface area contributed by atoms with E-state index in [4.69, 9.17) is 29.0 Å². The number of carbonyl (C=O) groups is 2. The number of hydrazine groups is 1. The van der Waals surface area contributed by atoms with E-state index in [1.165, 1.54) is 0 Å². The molecule has 4 nitrogen and oxygen atoms in total. The van der Waals surface area contributed by atoms with E-state index in [2.05, 4.69) is 5.43 Å². The minimum Gasteiger partial charge on any atom is -0.276 e. The predicted molar refractivity (Wildman–Crippen MR) is 117 cm³/mol. The second-order valence-corrected chi connectivity index (χ2v) is 7.37. The molecule has 7 heteroatoms. The lowest BCUT2D eigenvalue weighted by atomic mass is 10.1. The first-order valence-corrected chi connectivity index (χ1v) is 8.72. The van der Waals surface area contributed by atoms with Gasteiger partial charge in [-0.25, -0.2) is 0 Å². The number of carbonyl (C=O) groups excluding carboxylic acids is 2. The van der Waals surface area contributed by atoms with Gasteiger partial charge in [-0.3, -0.25) is 20.9 Å². The fraction of sp³-hybridized carbons (Fsp3) is 0.300. The summed E-state index contributed by atoms with van der Waals surface area (Å²) in [7, 11) is 0. The molecule has 0 unspecified atom stereocenters. The molecule has 2 aromatic rings. The van der Waals surface area contributed by atoms with Gasteiger partial charge in [-0.15, -0.1) is 12.4 Å². The van der Waals surface area contributed by atoms with Crippen LogP contribution in [0.15, 0.2) is 48.5 Å². The number of rotatable bonds is 2. The summed E-state index contributed by atoms with van der Waals surface area (Å²) in [6, 6.07) is 14.3. The molecule has 0 aliphatic rings. The zero-order chi connectivity index (χ0) is 20.3. The molecule has 2 rings (SSSR count). The second-order valence-electron chi connectivity index (χ2n) is 6.68. The molecule has 0 fully saturated rings. The second kappa shape index (κ2) is 13.7. The Morgan fingerprint density at radius 2 is 1.22 bits per heavy atom. The molecule has 0 heterocycles. The van der Waals surface area contributed by atoms with E-state index in [9.17, 15) is 9.59 Å². The van der Waals surface area contributed by atoms with Gasteiger partial charge in [-0.1, -0.05) is 47.5 Å². The Labute approximate surface area is 177 Å². The van der Waals surface area contributed by atoms with Crippen LogP contribution in [0.25, 0.3) is 0 Å². The van der Waals surface area contributed by atoms with Crippen molar-refractivity contribution in [2.75, 3.05) is 0 Å². The van der Waals surface area contributed by atoms with E-state index < -0.39 is 10.5 Å². The summed E-state index contributed by atoms with van der Waals surface area (Å²) in [5.74, 6) is 5.06. The van der Waals surface area contributed by atoms with Gasteiger partial charge in [0.25, 0.3) is 10.5 Å². The van der Waals surface area contributed by atoms with Crippen molar-refractivity contribution in [3.05, 3.63) is 70.8 Å². The fourth-order valence-electron chi connectivity index (χ4n) is 1.66. The fourth-order valence-corrected chi connectivity index (χ4v) is 1.89. The highest BCUT2D eigenvalue weighted by atomic mass is 35.5. The molecule has 0 saturated heterocycles. The van der Waals surface area contributed by atoms with Crippen LogP contribution in [-0.4, -0.2) is 16.0 Å². The van der Waals surface area contributed by atoms with E-state index in [1.807, 2.05) is 46.8 Å². The molecule has 0 aliphatic carbocycles. The summed E-state index contributed by atoms with van der Waals surface area (Å²) >= 11 is 10.5. The predicted octanol–water partition coefficient (Wildman–Crippen LogP) is 5.42. The van der Waals surface area contributed by atoms with Crippen molar-refractivity contribution >= 4 is 46.1 Å². The summed E-state index contributed by atoms with van der Waals surface area (Å²) < 4.78 is 0. The lowest BCUT2D eigenvalue weighted by molar-refractivity contribution is 0.107. The molecule has 0 atom stereocenters. The molecule has 0 amide bonds. The van der Waals surface area contributed by atoms with Crippen molar-refractivity contribution in [2.45, 2.75) is 40.2 Å². The van der Waals surface area contributed by atoms with Crippen LogP contribution in [0.4, 0.5) is 0 Å². The van der Waals surface area contributed by atoms with Crippen LogP contribution in [0.1, 0.15) is 52.6 Å². The minimum absolute atomic E-state index is 0. The first-order chi connectivity index (χ1) is 12.0. The van der Waals surface area contributed by atoms with Crippen LogP contribution in [0.2, 0.25) is 0 Å². The number of aryl methyl sites for hydroxylation is 2. The molecule has 2 aromatic carbocycles. The van der Waals surface area contributed by atoms with E-state index in [1.54, 1.807) is 36.4 Å². The first-order valence-electron chi connectivity index (χ1n) is 7.97. The Morgan fingerprint density at radius 1 is 0.852 bits per heavy atom. The van der Waals surface area contributed by atoms with Crippen molar-refractivity contribution < 1.29 is 9.59 Å². The molecule has 3 N–H and O–H groups in total. The zero-order valence-corrected chi connectivity index (χ0v) is 18.5. The quantitative estimate of drug-likeness (QED) is 0.377. The standard InChI is InChI=1S/C9H9ClO.C7H5ClO.C4H12N2.ClH/c1-6-3-7(2)5-8(4-6)9(10)11;8-7(9)6-4-2-1-3-5-6;1-4(2,3)6-5;/h3-5H,1-2H3;1-5H;6H,5H2,1-3H3;1H. The van der Waals surface area contributed by atoms with Crippen LogP contribution in [0.5, 0.6) is 0 Å². The number of halogens is 3. The summed E-state index contributed by atoms with van der Waals surface area (Å²) in [6.07, 6.45) is 0. The average molecular weight is 434 g/mol. The van der Waals surface area contributed by atoms with Crippen LogP contribution >= 0.6 is 35.6 Å². The van der Waals surface area contributed by atoms with E-state index >= 15 is 0 Å². The lowest BCUT2D eigenvalue weighted by Crippen LogP contribution is -2.41. The minimum atomic E-state index is -0.407. The van der Waals surface area contributed by atoms with Crippen molar-refractivity contribution in [3.63, 3.8) is 0 Å². The highest BCUT2D eigenvalue weighted by Crippen LogP contribution is 2.10. The molecule has 0 aliphatic heterocycles. The molecule has 27 heavy (non-hydrogen) atoms. The summed E-state index contributed by atoms with van der Waals surface area (Å²) in [5, 5.41) is -0.799. The van der Waals surface area contributed by atoms with Crippen molar-refractivity contribution in [2.24, 2.45) is 5.84 Å². The van der Waals surface area contributed by atoms with Gasteiger partial charge in [0.1, 0.15) is 0 Å². The van der Waals surface area contributed by atoms with Gasteiger partial charge in [0.2, 0.25) is 0 Å². The molecule has 0 bridgehead atoms. The maximum atomic E-state index is 10.7. The van der Waals surface area contributed by atoms with Gasteiger partial charge >= 0.3 is 0 Å². The van der Waals surface area contributed by atoms with Crippen LogP contribution in [0, 0.1) is 13.8 Å². The molecular formula is C20H27Cl3N2O2. The van der Waals surface area contributed by atoms with E-state index in [-0.39, 0.29) is 17.9 Å². The Morgan fingerprint density at radius 3 is 1.48 bits per heavy atom. The van der Waals surface area contributed by atoms with E-state index in [0.717, 1.165) is 11.1 Å². The molecule has 0 radical (unpaired) electrons. The molecular weight excluding hydrogens is 407 g/mol. The van der Waals surface area contributed by atoms with Gasteiger partial charge < -0.3 is 0 Å². The number of hydrogen-bond acceptors (Lipinski definition) is 4. The average Bonchev–Trinajstić information content (AvgIpc) is 2.55. The number of hydrogen-bond donors (Lipinski definition) is 2. The Balaban J connectivity index is 0. The lowest BCUT2D eigenvalue weighted by Gasteiger charge is -2.14. The van der Waals surface area contributed by atoms with Gasteiger partial charge in [0.15, 0.2) is 0 Å². The Kier molecular flexibility index (Phi) is 14.1. The zero-order valence-electron chi connectivity index (χ0n) is 16.2. The summed E-state index contributed by atoms with van der Waals surface area (Å²) in [5.41, 5.74) is 5.92. The van der Waals surface area contributed by atoms with Gasteiger partial charge in [0, 0.05) is 16.7 Å². The molecule has 150 valence electrons. The Bertz CT molecular complexity index is 695. The smallest absolute Gasteiger partial charge is 0.252 e. The normalized spacial score (nSPS) is 9.63. The van der Waals surface area contributed by atoms with Crippen LogP contribution in [-0.2, 0) is 0 Å². The third-order valence-electron chi connectivity index (χ3n) is 2.88. The number of nitrogens with two attached hydrogens (primary N) is 1. The molecule has 0 aromatic heterocycles. The van der Waals surface area contributed by atoms with Crippen molar-refractivity contribution in [1.82, 2.24) is 5.43 Å². The Hall–Kier alpha value is -1.43. The van der Waals surface area contributed by atoms with Gasteiger partial charge in [-0.2, -0.15) is 0 Å². The molecule has 0 spiro atoms. The number of nitrogens with one attached hydrogen (secondary N) is 1. The van der Waals surface area contributed by atoms with Gasteiger partial charge in [-0.05, 0) is 70.0 Å². The van der Waals surface area contributed by atoms with Gasteiger partial charge in [0.05, 0.1) is 0 Å². The molecule has 0 saturated carbocycles. The maximum absolute atomic E-state index is 10.7. The SMILES string of the molecule is CC(C)(C)NN.Cc1cc(C)cc(C(=O)Cl)c1.Cl.O=C(Cl)c1ccccc1. The highest BCUT2D eigenvalue weighted by molar-refractivity contribution is 6.68. The third kappa shape index (κ3) is 14.3. The van der Waals surface area contributed by atoms with Crippen molar-refractivity contribution in [1.29, 1.82) is 0 Å². The topological polar surface area (TPSA) is 72.2 Å². The van der Waals surface area contributed by atoms with E-state index in [0.29, 0.717) is 11.1 Å². The monoisotopic (exact) mass is 432 g/mol. The van der Waals surface area contributed by atoms with Crippen LogP contribution < -0.4 is 11.3 Å². The highest BCUT2D eigenvalue weighted by Gasteiger charge is 2.03. The van der Waals surface area contributed by atoms with Crippen molar-refractivity contribution in [3.8, 4) is 0 Å². The van der Waals surface area contributed by atoms with Crippen LogP contribution in [0.3, 0.4) is 0 Å². The summed E-state index contributed by atoms with van der Waals surface area (Å²) in [4.78, 5) is 21.1.